The average Bonchev–Trinajstić information content (AvgIpc) is 3.05. The van der Waals surface area contributed by atoms with E-state index in [2.05, 4.69) is 15.0 Å². The number of carbonyl (C=O) groups excluding carboxylic acids is 2. The molecule has 0 atom stereocenters. The summed E-state index contributed by atoms with van der Waals surface area (Å²) < 4.78 is 5.37. The van der Waals surface area contributed by atoms with Gasteiger partial charge in [0, 0.05) is 23.8 Å². The summed E-state index contributed by atoms with van der Waals surface area (Å²) in [5.74, 6) is 0.938. The molecule has 0 bridgehead atoms. The highest BCUT2D eigenvalue weighted by molar-refractivity contribution is 6.29. The van der Waals surface area contributed by atoms with Crippen LogP contribution in [-0.2, 0) is 4.79 Å². The van der Waals surface area contributed by atoms with Gasteiger partial charge in [0.25, 0.3) is 0 Å². The second-order valence-electron chi connectivity index (χ2n) is 6.65. The predicted molar refractivity (Wildman–Crippen MR) is 94.0 cm³/mol. The summed E-state index contributed by atoms with van der Waals surface area (Å²) in [4.78, 5) is 37.2. The lowest BCUT2D eigenvalue weighted by Gasteiger charge is -2.27. The zero-order valence-electron chi connectivity index (χ0n) is 14.2. The number of Topliss-reactive ketones (excluding diaryl/α,β-unsaturated/α-hetero) is 2. The number of aromatic amines is 1. The maximum atomic E-state index is 12.6. The molecule has 0 fully saturated rings. The van der Waals surface area contributed by atoms with Crippen molar-refractivity contribution in [3.8, 4) is 17.1 Å². The second kappa shape index (κ2) is 5.24. The van der Waals surface area contributed by atoms with Gasteiger partial charge in [0.05, 0.1) is 12.7 Å². The van der Waals surface area contributed by atoms with E-state index in [0.717, 1.165) is 5.56 Å². The van der Waals surface area contributed by atoms with Crippen LogP contribution in [0.25, 0.3) is 17.0 Å². The largest absolute Gasteiger partial charge is 0.496 e. The van der Waals surface area contributed by atoms with Crippen LogP contribution < -0.4 is 4.74 Å². The molecule has 4 rings (SSSR count). The summed E-state index contributed by atoms with van der Waals surface area (Å²) in [6.07, 6.45) is 1.74. The first-order valence-corrected chi connectivity index (χ1v) is 8.02. The van der Waals surface area contributed by atoms with E-state index in [-0.39, 0.29) is 18.0 Å². The molecule has 0 unspecified atom stereocenters. The van der Waals surface area contributed by atoms with Crippen LogP contribution in [0.15, 0.2) is 34.8 Å². The quantitative estimate of drug-likeness (QED) is 0.914. The monoisotopic (exact) mass is 335 g/mol. The topological polar surface area (TPSA) is 84.4 Å². The fourth-order valence-corrected chi connectivity index (χ4v) is 3.22. The van der Waals surface area contributed by atoms with Crippen LogP contribution in [0, 0.1) is 0 Å². The molecule has 25 heavy (non-hydrogen) atoms. The lowest BCUT2D eigenvalue weighted by molar-refractivity contribution is -0.119. The summed E-state index contributed by atoms with van der Waals surface area (Å²) in [5.41, 5.74) is 1.96. The molecule has 1 aromatic heterocycles. The molecule has 1 N–H and O–H groups in total. The average molecular weight is 335 g/mol. The van der Waals surface area contributed by atoms with Crippen LogP contribution in [0.2, 0.25) is 0 Å². The van der Waals surface area contributed by atoms with Gasteiger partial charge in [0.15, 0.2) is 11.6 Å². The Morgan fingerprint density at radius 1 is 1.20 bits per heavy atom. The lowest BCUT2D eigenvalue weighted by Crippen LogP contribution is -2.36. The third-order valence-corrected chi connectivity index (χ3v) is 4.61. The Kier molecular flexibility index (Phi) is 3.25. The van der Waals surface area contributed by atoms with Crippen LogP contribution >= 0.6 is 0 Å². The highest BCUT2D eigenvalue weighted by atomic mass is 16.5. The number of nitrogens with zero attached hydrogens (tertiary/aromatic N) is 2. The van der Waals surface area contributed by atoms with Crippen molar-refractivity contribution in [3.63, 3.8) is 0 Å². The Hall–Kier alpha value is -3.02. The number of allylic oxidation sites excluding steroid dienone is 1. The van der Waals surface area contributed by atoms with Gasteiger partial charge in [-0.2, -0.15) is 0 Å². The molecule has 2 aromatic rings. The SMILES string of the molecule is COc1ccccc1-c1nc2c([nH]1)C(=O)CC1=C2C=NC(C)(C)C1=O. The molecule has 2 heterocycles. The fourth-order valence-electron chi connectivity index (χ4n) is 3.22. The van der Waals surface area contributed by atoms with Gasteiger partial charge in [-0.15, -0.1) is 0 Å². The molecule has 0 radical (unpaired) electrons. The second-order valence-corrected chi connectivity index (χ2v) is 6.65. The smallest absolute Gasteiger partial charge is 0.186 e. The molecule has 6 heteroatoms. The summed E-state index contributed by atoms with van der Waals surface area (Å²) >= 11 is 0. The van der Waals surface area contributed by atoms with Crippen LogP contribution in [0.3, 0.4) is 0 Å². The third-order valence-electron chi connectivity index (χ3n) is 4.61. The molecular weight excluding hydrogens is 318 g/mol. The predicted octanol–water partition coefficient (Wildman–Crippen LogP) is 2.86. The van der Waals surface area contributed by atoms with Crippen molar-refractivity contribution in [1.29, 1.82) is 0 Å². The number of para-hydroxylation sites is 1. The number of imidazole rings is 1. The van der Waals surface area contributed by atoms with Crippen molar-refractivity contribution in [2.75, 3.05) is 7.11 Å². The van der Waals surface area contributed by atoms with Crippen molar-refractivity contribution < 1.29 is 14.3 Å². The van der Waals surface area contributed by atoms with E-state index in [1.165, 1.54) is 0 Å². The van der Waals surface area contributed by atoms with Crippen LogP contribution in [0.1, 0.15) is 36.5 Å². The van der Waals surface area contributed by atoms with Gasteiger partial charge in [-0.05, 0) is 26.0 Å². The zero-order chi connectivity index (χ0) is 17.8. The summed E-state index contributed by atoms with van der Waals surface area (Å²) in [6, 6.07) is 7.44. The molecular formula is C19H17N3O3. The minimum atomic E-state index is -0.835. The number of methoxy groups -OCH3 is 1. The maximum absolute atomic E-state index is 12.6. The number of hydrogen-bond acceptors (Lipinski definition) is 5. The van der Waals surface area contributed by atoms with Gasteiger partial charge in [0.2, 0.25) is 0 Å². The first-order chi connectivity index (χ1) is 11.9. The number of nitrogens with one attached hydrogen (secondary N) is 1. The number of dihydropyridines is 1. The van der Waals surface area contributed by atoms with Crippen molar-refractivity contribution in [2.24, 2.45) is 4.99 Å². The number of H-pyrrole nitrogens is 1. The number of benzene rings is 1. The molecule has 1 aliphatic heterocycles. The Morgan fingerprint density at radius 2 is 1.96 bits per heavy atom. The minimum absolute atomic E-state index is 0.0736. The van der Waals surface area contributed by atoms with E-state index in [1.54, 1.807) is 27.2 Å². The highest BCUT2D eigenvalue weighted by Gasteiger charge is 2.39. The molecule has 0 spiro atoms. The third kappa shape index (κ3) is 2.25. The molecule has 126 valence electrons. The van der Waals surface area contributed by atoms with Crippen molar-refractivity contribution in [2.45, 2.75) is 25.8 Å². The van der Waals surface area contributed by atoms with E-state index in [1.807, 2.05) is 24.3 Å². The first-order valence-electron chi connectivity index (χ1n) is 8.02. The van der Waals surface area contributed by atoms with Gasteiger partial charge in [-0.25, -0.2) is 4.98 Å². The lowest BCUT2D eigenvalue weighted by atomic mass is 9.81. The molecule has 2 aliphatic rings. The van der Waals surface area contributed by atoms with E-state index in [4.69, 9.17) is 4.74 Å². The van der Waals surface area contributed by atoms with E-state index < -0.39 is 5.54 Å². The number of ketones is 2. The fraction of sp³-hybridized carbons (Fsp3) is 0.263. The zero-order valence-corrected chi connectivity index (χ0v) is 14.2. The number of aliphatic imine (C=N–C) groups is 1. The van der Waals surface area contributed by atoms with Crippen molar-refractivity contribution >= 4 is 23.4 Å². The molecule has 6 nitrogen and oxygen atoms in total. The number of aromatic nitrogens is 2. The maximum Gasteiger partial charge on any atom is 0.186 e. The number of fused-ring (bicyclic) bond motifs is 2. The van der Waals surface area contributed by atoms with Crippen LogP contribution in [0.4, 0.5) is 0 Å². The number of ether oxygens (including phenoxy) is 1. The Balaban J connectivity index is 1.89. The number of hydrogen-bond donors (Lipinski definition) is 1. The summed E-state index contributed by atoms with van der Waals surface area (Å²) in [5, 5.41) is 0. The van der Waals surface area contributed by atoms with E-state index in [9.17, 15) is 9.59 Å². The van der Waals surface area contributed by atoms with Crippen molar-refractivity contribution in [1.82, 2.24) is 9.97 Å². The van der Waals surface area contributed by atoms with E-state index >= 15 is 0 Å². The van der Waals surface area contributed by atoms with Gasteiger partial charge in [0.1, 0.15) is 28.5 Å². The molecule has 1 aliphatic carbocycles. The van der Waals surface area contributed by atoms with E-state index in [0.29, 0.717) is 34.1 Å². The Labute approximate surface area is 144 Å². The highest BCUT2D eigenvalue weighted by Crippen LogP contribution is 2.37. The Bertz CT molecular complexity index is 980. The normalized spacial score (nSPS) is 18.2. The van der Waals surface area contributed by atoms with Crippen LogP contribution in [-0.4, -0.2) is 40.4 Å². The van der Waals surface area contributed by atoms with Gasteiger partial charge in [-0.1, -0.05) is 12.1 Å². The molecule has 0 saturated carbocycles. The number of carbonyl (C=O) groups is 2. The van der Waals surface area contributed by atoms with Gasteiger partial charge >= 0.3 is 0 Å². The molecule has 1 aromatic carbocycles. The Morgan fingerprint density at radius 3 is 2.72 bits per heavy atom. The number of rotatable bonds is 2. The summed E-state index contributed by atoms with van der Waals surface area (Å²) in [7, 11) is 1.59. The first kappa shape index (κ1) is 15.5. The van der Waals surface area contributed by atoms with Crippen LogP contribution in [0.5, 0.6) is 5.75 Å². The molecule has 0 amide bonds. The molecule has 0 saturated heterocycles. The van der Waals surface area contributed by atoms with Crippen molar-refractivity contribution in [3.05, 3.63) is 41.2 Å². The summed E-state index contributed by atoms with van der Waals surface area (Å²) in [6.45, 7) is 3.50. The van der Waals surface area contributed by atoms with Gasteiger partial charge in [-0.3, -0.25) is 14.6 Å². The van der Waals surface area contributed by atoms with Gasteiger partial charge < -0.3 is 9.72 Å². The standard InChI is InChI=1S/C19H17N3O3/c1-19(2)17(24)11-8-13(23)16-15(12(11)9-20-19)21-18(22-16)10-6-4-5-7-14(10)25-3/h4-7,9H,8H2,1-3H3,(H,21,22). The minimum Gasteiger partial charge on any atom is -0.496 e.